The third-order valence-corrected chi connectivity index (χ3v) is 6.30. The van der Waals surface area contributed by atoms with Crippen molar-refractivity contribution >= 4 is 45.0 Å². The van der Waals surface area contributed by atoms with Crippen molar-refractivity contribution in [1.82, 2.24) is 0 Å². The number of amides is 1. The number of carbonyl (C=O) groups excluding carboxylic acids is 3. The van der Waals surface area contributed by atoms with Gasteiger partial charge in [0.15, 0.2) is 12.4 Å². The van der Waals surface area contributed by atoms with Crippen LogP contribution in [0.4, 0.5) is 5.00 Å². The van der Waals surface area contributed by atoms with Gasteiger partial charge in [-0.05, 0) is 44.2 Å². The van der Waals surface area contributed by atoms with E-state index in [0.29, 0.717) is 16.1 Å². The maximum absolute atomic E-state index is 12.8. The summed E-state index contributed by atoms with van der Waals surface area (Å²) in [6, 6.07) is 7.39. The number of nitrogens with one attached hydrogen (secondary N) is 1. The third-order valence-electron chi connectivity index (χ3n) is 5.10. The van der Waals surface area contributed by atoms with Crippen molar-refractivity contribution in [3.63, 3.8) is 0 Å². The van der Waals surface area contributed by atoms with Crippen molar-refractivity contribution in [3.8, 4) is 0 Å². The number of carbonyl (C=O) groups is 3. The Balaban J connectivity index is 1.55. The second-order valence-electron chi connectivity index (χ2n) is 7.15. The molecule has 7 heteroatoms. The maximum Gasteiger partial charge on any atom is 0.341 e. The lowest BCUT2D eigenvalue weighted by Crippen LogP contribution is -2.17. The number of ether oxygens (including phenoxy) is 1. The van der Waals surface area contributed by atoms with Gasteiger partial charge in [-0.2, -0.15) is 0 Å². The number of aryl methyl sites for hydroxylation is 2. The van der Waals surface area contributed by atoms with Crippen LogP contribution >= 0.6 is 11.3 Å². The van der Waals surface area contributed by atoms with Crippen LogP contribution in [-0.4, -0.2) is 24.3 Å². The molecule has 0 radical (unpaired) electrons. The predicted molar refractivity (Wildman–Crippen MR) is 111 cm³/mol. The van der Waals surface area contributed by atoms with Crippen molar-refractivity contribution < 1.29 is 23.5 Å². The largest absolute Gasteiger partial charge is 0.453 e. The third kappa shape index (κ3) is 3.70. The van der Waals surface area contributed by atoms with Gasteiger partial charge in [0.05, 0.1) is 5.56 Å². The second kappa shape index (κ2) is 7.83. The van der Waals surface area contributed by atoms with Crippen LogP contribution in [0.2, 0.25) is 0 Å². The molecule has 1 aliphatic carbocycles. The van der Waals surface area contributed by atoms with Crippen LogP contribution in [0, 0.1) is 6.92 Å². The topological polar surface area (TPSA) is 85.6 Å². The first-order chi connectivity index (χ1) is 14.0. The molecule has 6 nitrogen and oxygen atoms in total. The highest BCUT2D eigenvalue weighted by Gasteiger charge is 2.28. The summed E-state index contributed by atoms with van der Waals surface area (Å²) in [6.07, 6.45) is 3.70. The van der Waals surface area contributed by atoms with Crippen molar-refractivity contribution in [3.05, 3.63) is 51.6 Å². The van der Waals surface area contributed by atoms with Crippen LogP contribution in [0.1, 0.15) is 56.7 Å². The number of anilines is 1. The molecule has 1 aliphatic rings. The van der Waals surface area contributed by atoms with Crippen LogP contribution in [0.25, 0.3) is 11.0 Å². The van der Waals surface area contributed by atoms with Crippen LogP contribution < -0.4 is 5.32 Å². The molecule has 1 aromatic carbocycles. The lowest BCUT2D eigenvalue weighted by atomic mass is 9.95. The Kier molecular flexibility index (Phi) is 5.24. The van der Waals surface area contributed by atoms with E-state index < -0.39 is 18.4 Å². The number of Topliss-reactive ketones (excluding diaryl/α,β-unsaturated/α-hetero) is 1. The van der Waals surface area contributed by atoms with E-state index in [1.807, 2.05) is 25.1 Å². The first-order valence-corrected chi connectivity index (χ1v) is 10.4. The monoisotopic (exact) mass is 411 g/mol. The molecule has 0 bridgehead atoms. The summed E-state index contributed by atoms with van der Waals surface area (Å²) in [4.78, 5) is 38.1. The maximum atomic E-state index is 12.8. The molecule has 1 amide bonds. The highest BCUT2D eigenvalue weighted by atomic mass is 32.1. The molecule has 0 fully saturated rings. The van der Waals surface area contributed by atoms with Gasteiger partial charge in [-0.1, -0.05) is 18.2 Å². The SMILES string of the molecule is CC(=O)Nc1sc2c(c1C(=O)OCC(=O)c1oc3ccccc3c1C)CCCC2. The smallest absolute Gasteiger partial charge is 0.341 e. The molecule has 0 spiro atoms. The normalized spacial score (nSPS) is 13.2. The number of ketones is 1. The average Bonchev–Trinajstić information content (AvgIpc) is 3.23. The van der Waals surface area contributed by atoms with Gasteiger partial charge in [0.1, 0.15) is 10.6 Å². The number of rotatable bonds is 5. The van der Waals surface area contributed by atoms with Gasteiger partial charge >= 0.3 is 5.97 Å². The minimum absolute atomic E-state index is 0.202. The Hall–Kier alpha value is -2.93. The molecule has 2 aromatic heterocycles. The zero-order valence-corrected chi connectivity index (χ0v) is 17.1. The molecular formula is C22H21NO5S. The van der Waals surface area contributed by atoms with Gasteiger partial charge in [-0.15, -0.1) is 11.3 Å². The van der Waals surface area contributed by atoms with Gasteiger partial charge in [0, 0.05) is 22.8 Å². The van der Waals surface area contributed by atoms with E-state index >= 15 is 0 Å². The Morgan fingerprint density at radius 3 is 2.69 bits per heavy atom. The van der Waals surface area contributed by atoms with Crippen LogP contribution in [0.15, 0.2) is 28.7 Å². The summed E-state index contributed by atoms with van der Waals surface area (Å²) in [7, 11) is 0. The van der Waals surface area contributed by atoms with E-state index in [-0.39, 0.29) is 11.7 Å². The van der Waals surface area contributed by atoms with E-state index in [2.05, 4.69) is 5.32 Å². The number of furan rings is 1. The molecule has 2 heterocycles. The number of benzene rings is 1. The number of hydrogen-bond donors (Lipinski definition) is 1. The number of hydrogen-bond acceptors (Lipinski definition) is 6. The standard InChI is InChI=1S/C22H21NO5S/c1-12-14-7-3-5-9-17(14)28-20(12)16(25)11-27-22(26)19-15-8-4-6-10-18(15)29-21(19)23-13(2)24/h3,5,7,9H,4,6,8,10-11H2,1-2H3,(H,23,24). The number of thiophene rings is 1. The Morgan fingerprint density at radius 1 is 1.17 bits per heavy atom. The molecular weight excluding hydrogens is 390 g/mol. The Bertz CT molecular complexity index is 1120. The second-order valence-corrected chi connectivity index (χ2v) is 8.25. The Morgan fingerprint density at radius 2 is 1.93 bits per heavy atom. The summed E-state index contributed by atoms with van der Waals surface area (Å²) in [5.74, 6) is -1.02. The lowest BCUT2D eigenvalue weighted by molar-refractivity contribution is -0.114. The first-order valence-electron chi connectivity index (χ1n) is 9.56. The summed E-state index contributed by atoms with van der Waals surface area (Å²) >= 11 is 1.42. The molecule has 150 valence electrons. The molecule has 3 aromatic rings. The fourth-order valence-electron chi connectivity index (χ4n) is 3.74. The molecule has 0 unspecified atom stereocenters. The van der Waals surface area contributed by atoms with E-state index in [0.717, 1.165) is 47.1 Å². The van der Waals surface area contributed by atoms with Crippen molar-refractivity contribution in [2.75, 3.05) is 11.9 Å². The molecule has 0 saturated heterocycles. The highest BCUT2D eigenvalue weighted by molar-refractivity contribution is 7.17. The summed E-state index contributed by atoms with van der Waals surface area (Å²) in [6.45, 7) is 2.80. The summed E-state index contributed by atoms with van der Waals surface area (Å²) < 4.78 is 11.0. The lowest BCUT2D eigenvalue weighted by Gasteiger charge is -2.12. The minimum atomic E-state index is -0.588. The van der Waals surface area contributed by atoms with Gasteiger partial charge in [-0.25, -0.2) is 4.79 Å². The van der Waals surface area contributed by atoms with Crippen molar-refractivity contribution in [2.45, 2.75) is 39.5 Å². The molecule has 29 heavy (non-hydrogen) atoms. The quantitative estimate of drug-likeness (QED) is 0.487. The predicted octanol–water partition coefficient (Wildman–Crippen LogP) is 4.68. The number of fused-ring (bicyclic) bond motifs is 2. The summed E-state index contributed by atoms with van der Waals surface area (Å²) in [5.41, 5.74) is 2.67. The average molecular weight is 411 g/mol. The fraction of sp³-hybridized carbons (Fsp3) is 0.318. The van der Waals surface area contributed by atoms with E-state index in [1.54, 1.807) is 6.07 Å². The summed E-state index contributed by atoms with van der Waals surface area (Å²) in [5, 5.41) is 4.10. The highest BCUT2D eigenvalue weighted by Crippen LogP contribution is 2.38. The van der Waals surface area contributed by atoms with Gasteiger partial charge in [-0.3, -0.25) is 9.59 Å². The van der Waals surface area contributed by atoms with Crippen molar-refractivity contribution in [1.29, 1.82) is 0 Å². The van der Waals surface area contributed by atoms with Gasteiger partial charge in [0.25, 0.3) is 0 Å². The zero-order chi connectivity index (χ0) is 20.5. The van der Waals surface area contributed by atoms with Gasteiger partial charge < -0.3 is 14.5 Å². The van der Waals surface area contributed by atoms with Crippen LogP contribution in [-0.2, 0) is 22.4 Å². The molecule has 1 N–H and O–H groups in total. The number of para-hydroxylation sites is 1. The molecule has 0 saturated carbocycles. The van der Waals surface area contributed by atoms with Crippen LogP contribution in [0.3, 0.4) is 0 Å². The molecule has 0 aliphatic heterocycles. The molecule has 0 atom stereocenters. The number of esters is 1. The van der Waals surface area contributed by atoms with Gasteiger partial charge in [0.2, 0.25) is 11.7 Å². The van der Waals surface area contributed by atoms with Crippen molar-refractivity contribution in [2.24, 2.45) is 0 Å². The van der Waals surface area contributed by atoms with E-state index in [1.165, 1.54) is 18.3 Å². The van der Waals surface area contributed by atoms with E-state index in [9.17, 15) is 14.4 Å². The minimum Gasteiger partial charge on any atom is -0.453 e. The Labute approximate surface area is 171 Å². The fourth-order valence-corrected chi connectivity index (χ4v) is 5.06. The zero-order valence-electron chi connectivity index (χ0n) is 16.3. The van der Waals surface area contributed by atoms with E-state index in [4.69, 9.17) is 9.15 Å². The first kappa shape index (κ1) is 19.4. The molecule has 4 rings (SSSR count). The van der Waals surface area contributed by atoms with Crippen LogP contribution in [0.5, 0.6) is 0 Å².